The molecule has 2 N–H and O–H groups in total. The Morgan fingerprint density at radius 3 is 2.65 bits per heavy atom. The van der Waals surface area contributed by atoms with Gasteiger partial charge in [0.25, 0.3) is 0 Å². The van der Waals surface area contributed by atoms with Gasteiger partial charge in [0.05, 0.1) is 6.04 Å². The fraction of sp³-hybridized carbons (Fsp3) is 0.222. The fourth-order valence-corrected chi connectivity index (χ4v) is 4.72. The molecular weight excluding hydrogens is 384 g/mol. The number of nitrogens with one attached hydrogen (secondary N) is 2. The van der Waals surface area contributed by atoms with E-state index in [0.717, 1.165) is 29.1 Å². The first kappa shape index (κ1) is 19.4. The normalized spacial score (nSPS) is 21.0. The van der Waals surface area contributed by atoms with Gasteiger partial charge >= 0.3 is 0 Å². The van der Waals surface area contributed by atoms with Gasteiger partial charge in [0, 0.05) is 24.2 Å². The van der Waals surface area contributed by atoms with Crippen LogP contribution in [-0.4, -0.2) is 5.91 Å². The van der Waals surface area contributed by atoms with E-state index < -0.39 is 0 Å². The first-order valence-electron chi connectivity index (χ1n) is 10.8. The second-order valence-corrected chi connectivity index (χ2v) is 8.30. The number of amides is 1. The van der Waals surface area contributed by atoms with Crippen molar-refractivity contribution in [1.29, 1.82) is 0 Å². The molecule has 0 aromatic heterocycles. The molecule has 0 radical (unpaired) electrons. The van der Waals surface area contributed by atoms with Crippen molar-refractivity contribution in [3.8, 4) is 5.75 Å². The smallest absolute Gasteiger partial charge is 0.221 e. The number of ether oxygens (including phenoxy) is 1. The first-order valence-corrected chi connectivity index (χ1v) is 10.8. The third-order valence-electron chi connectivity index (χ3n) is 6.17. The van der Waals surface area contributed by atoms with Crippen LogP contribution in [-0.2, 0) is 11.4 Å². The number of fused-ring (bicyclic) bond motifs is 3. The fourth-order valence-electron chi connectivity index (χ4n) is 4.72. The minimum Gasteiger partial charge on any atom is -0.489 e. The van der Waals surface area contributed by atoms with Crippen LogP contribution in [0.25, 0.3) is 0 Å². The van der Waals surface area contributed by atoms with Crippen molar-refractivity contribution >= 4 is 17.3 Å². The van der Waals surface area contributed by atoms with E-state index in [4.69, 9.17) is 4.74 Å². The zero-order chi connectivity index (χ0) is 21.2. The molecule has 3 unspecified atom stereocenters. The topological polar surface area (TPSA) is 50.4 Å². The van der Waals surface area contributed by atoms with Crippen LogP contribution in [0, 0.1) is 5.92 Å². The van der Waals surface area contributed by atoms with E-state index in [2.05, 4.69) is 71.3 Å². The van der Waals surface area contributed by atoms with Gasteiger partial charge in [-0.3, -0.25) is 4.79 Å². The molecule has 0 fully saturated rings. The van der Waals surface area contributed by atoms with Gasteiger partial charge in [0.15, 0.2) is 0 Å². The highest BCUT2D eigenvalue weighted by Crippen LogP contribution is 2.50. The molecular formula is C27H26N2O2. The molecule has 4 nitrogen and oxygen atoms in total. The van der Waals surface area contributed by atoms with Crippen molar-refractivity contribution in [2.75, 3.05) is 10.6 Å². The molecule has 156 valence electrons. The van der Waals surface area contributed by atoms with Gasteiger partial charge in [-0.15, -0.1) is 0 Å². The van der Waals surface area contributed by atoms with Crippen molar-refractivity contribution in [3.63, 3.8) is 0 Å². The van der Waals surface area contributed by atoms with E-state index in [1.807, 2.05) is 24.3 Å². The summed E-state index contributed by atoms with van der Waals surface area (Å²) in [5, 5.41) is 6.65. The van der Waals surface area contributed by atoms with Gasteiger partial charge in [-0.2, -0.15) is 0 Å². The zero-order valence-electron chi connectivity index (χ0n) is 17.5. The first-order chi connectivity index (χ1) is 15.2. The van der Waals surface area contributed by atoms with Crippen LogP contribution in [0.1, 0.15) is 42.0 Å². The summed E-state index contributed by atoms with van der Waals surface area (Å²) < 4.78 is 5.95. The highest BCUT2D eigenvalue weighted by atomic mass is 16.5. The Bertz CT molecular complexity index is 1110. The molecule has 0 saturated heterocycles. The molecule has 1 aliphatic heterocycles. The molecule has 0 bridgehead atoms. The van der Waals surface area contributed by atoms with Gasteiger partial charge < -0.3 is 15.4 Å². The molecule has 0 saturated carbocycles. The number of hydrogen-bond donors (Lipinski definition) is 2. The van der Waals surface area contributed by atoms with E-state index in [9.17, 15) is 4.79 Å². The summed E-state index contributed by atoms with van der Waals surface area (Å²) in [6.07, 6.45) is 5.63. The van der Waals surface area contributed by atoms with Crippen molar-refractivity contribution in [2.24, 2.45) is 5.92 Å². The Kier molecular flexibility index (Phi) is 5.21. The summed E-state index contributed by atoms with van der Waals surface area (Å²) in [5.74, 6) is 1.64. The highest BCUT2D eigenvalue weighted by Gasteiger charge is 2.37. The van der Waals surface area contributed by atoms with Crippen LogP contribution in [0.2, 0.25) is 0 Å². The summed E-state index contributed by atoms with van der Waals surface area (Å²) in [6.45, 7) is 2.11. The van der Waals surface area contributed by atoms with Gasteiger partial charge in [-0.25, -0.2) is 0 Å². The maximum Gasteiger partial charge on any atom is 0.221 e. The van der Waals surface area contributed by atoms with Crippen LogP contribution in [0.15, 0.2) is 84.9 Å². The second-order valence-electron chi connectivity index (χ2n) is 8.30. The third-order valence-corrected chi connectivity index (χ3v) is 6.17. The number of rotatable bonds is 5. The van der Waals surface area contributed by atoms with Crippen LogP contribution in [0.4, 0.5) is 11.4 Å². The van der Waals surface area contributed by atoms with Crippen molar-refractivity contribution in [3.05, 3.63) is 102 Å². The number of carbonyl (C=O) groups is 1. The van der Waals surface area contributed by atoms with Crippen LogP contribution in [0.5, 0.6) is 5.75 Å². The van der Waals surface area contributed by atoms with Gasteiger partial charge in [-0.05, 0) is 59.4 Å². The lowest BCUT2D eigenvalue weighted by atomic mass is 9.77. The highest BCUT2D eigenvalue weighted by molar-refractivity contribution is 5.89. The SMILES string of the molecule is CC(=O)Nc1ccc2c(c1)C1C=CCC1C(c1ccc(OCc3ccccc3)cc1)N2. The molecule has 3 aromatic rings. The van der Waals surface area contributed by atoms with Crippen LogP contribution >= 0.6 is 0 Å². The molecule has 4 heteroatoms. The van der Waals surface area contributed by atoms with Crippen molar-refractivity contribution in [2.45, 2.75) is 31.9 Å². The van der Waals surface area contributed by atoms with Gasteiger partial charge in [-0.1, -0.05) is 54.6 Å². The number of anilines is 2. The Morgan fingerprint density at radius 1 is 1.06 bits per heavy atom. The van der Waals surface area contributed by atoms with E-state index in [1.54, 1.807) is 6.92 Å². The average Bonchev–Trinajstić information content (AvgIpc) is 3.28. The number of benzene rings is 3. The lowest BCUT2D eigenvalue weighted by molar-refractivity contribution is -0.114. The molecule has 5 rings (SSSR count). The maximum atomic E-state index is 11.4. The minimum absolute atomic E-state index is 0.0466. The molecule has 1 aliphatic carbocycles. The Morgan fingerprint density at radius 2 is 1.87 bits per heavy atom. The molecule has 1 amide bonds. The molecule has 1 heterocycles. The van der Waals surface area contributed by atoms with E-state index in [-0.39, 0.29) is 11.9 Å². The lowest BCUT2D eigenvalue weighted by Gasteiger charge is -2.37. The van der Waals surface area contributed by atoms with Gasteiger partial charge in [0.2, 0.25) is 5.91 Å². The largest absolute Gasteiger partial charge is 0.489 e. The average molecular weight is 411 g/mol. The summed E-state index contributed by atoms with van der Waals surface area (Å²) in [5.41, 5.74) is 5.67. The summed E-state index contributed by atoms with van der Waals surface area (Å²) in [6, 6.07) is 25.1. The monoisotopic (exact) mass is 410 g/mol. The molecule has 2 aliphatic rings. The predicted molar refractivity (Wildman–Crippen MR) is 124 cm³/mol. The molecule has 3 atom stereocenters. The quantitative estimate of drug-likeness (QED) is 0.503. The second kappa shape index (κ2) is 8.31. The van der Waals surface area contributed by atoms with E-state index in [0.29, 0.717) is 18.4 Å². The maximum absolute atomic E-state index is 11.4. The molecule has 3 aromatic carbocycles. The summed E-state index contributed by atoms with van der Waals surface area (Å²) >= 11 is 0. The Balaban J connectivity index is 1.34. The van der Waals surface area contributed by atoms with Crippen molar-refractivity contribution < 1.29 is 9.53 Å². The lowest BCUT2D eigenvalue weighted by Crippen LogP contribution is -2.29. The summed E-state index contributed by atoms with van der Waals surface area (Å²) in [4.78, 5) is 11.4. The Hall–Kier alpha value is -3.53. The molecule has 31 heavy (non-hydrogen) atoms. The van der Waals surface area contributed by atoms with E-state index in [1.165, 1.54) is 11.1 Å². The van der Waals surface area contributed by atoms with Crippen LogP contribution < -0.4 is 15.4 Å². The van der Waals surface area contributed by atoms with Gasteiger partial charge in [0.1, 0.15) is 12.4 Å². The number of hydrogen-bond acceptors (Lipinski definition) is 3. The zero-order valence-corrected chi connectivity index (χ0v) is 17.5. The molecule has 0 spiro atoms. The predicted octanol–water partition coefficient (Wildman–Crippen LogP) is 6.05. The minimum atomic E-state index is -0.0466. The summed E-state index contributed by atoms with van der Waals surface area (Å²) in [7, 11) is 0. The number of allylic oxidation sites excluding steroid dienone is 2. The van der Waals surface area contributed by atoms with Crippen LogP contribution in [0.3, 0.4) is 0 Å². The van der Waals surface area contributed by atoms with Crippen molar-refractivity contribution in [1.82, 2.24) is 0 Å². The Labute approximate surface area is 183 Å². The van der Waals surface area contributed by atoms with E-state index >= 15 is 0 Å². The standard InChI is InChI=1S/C27H26N2O2/c1-18(30)28-21-12-15-26-25(16-21)23-8-5-9-24(23)27(29-26)20-10-13-22(14-11-20)31-17-19-6-3-2-4-7-19/h2-8,10-16,23-24,27,29H,9,17H2,1H3,(H,28,30). The number of carbonyl (C=O) groups excluding carboxylic acids is 1. The third kappa shape index (κ3) is 4.06.